The number of carbonyl (C=O) groups excluding carboxylic acids is 1. The maximum Gasteiger partial charge on any atom is 0.324 e. The number of hydrogen-bond acceptors (Lipinski definition) is 6. The molecule has 0 radical (unpaired) electrons. The molecule has 0 saturated heterocycles. The van der Waals surface area contributed by atoms with E-state index in [2.05, 4.69) is 14.7 Å². The van der Waals surface area contributed by atoms with Gasteiger partial charge in [0, 0.05) is 16.8 Å². The molecule has 0 atom stereocenters. The van der Waals surface area contributed by atoms with Gasteiger partial charge in [0.05, 0.1) is 0 Å². The molecule has 0 unspecified atom stereocenters. The monoisotopic (exact) mass is 370 g/mol. The van der Waals surface area contributed by atoms with Crippen molar-refractivity contribution in [1.29, 1.82) is 0 Å². The van der Waals surface area contributed by atoms with Gasteiger partial charge >= 0.3 is 10.2 Å². The molecule has 0 bridgehead atoms. The fraction of sp³-hybridized carbons (Fsp3) is 0.214. The largest absolute Gasteiger partial charge is 0.484 e. The Bertz CT molecular complexity index is 820. The molecular weight excluding hydrogens is 356 g/mol. The Kier molecular flexibility index (Phi) is 5.58. The molecule has 1 heterocycles. The van der Waals surface area contributed by atoms with Crippen molar-refractivity contribution in [3.05, 3.63) is 46.9 Å². The third-order valence-electron chi connectivity index (χ3n) is 2.64. The lowest BCUT2D eigenvalue weighted by Crippen LogP contribution is -2.38. The van der Waals surface area contributed by atoms with Crippen LogP contribution in [0.1, 0.15) is 11.5 Å². The second-order valence-electron chi connectivity index (χ2n) is 4.82. The highest BCUT2D eigenvalue weighted by Gasteiger charge is 2.16. The molecule has 2 rings (SSSR count). The van der Waals surface area contributed by atoms with Crippen LogP contribution in [0.3, 0.4) is 0 Å². The fourth-order valence-corrected chi connectivity index (χ4v) is 2.71. The number of aromatic nitrogens is 2. The van der Waals surface area contributed by atoms with E-state index in [4.69, 9.17) is 16.3 Å². The van der Waals surface area contributed by atoms with Crippen molar-refractivity contribution < 1.29 is 17.9 Å². The molecule has 10 heteroatoms. The molecule has 0 aliphatic rings. The minimum atomic E-state index is -4.12. The van der Waals surface area contributed by atoms with Crippen molar-refractivity contribution in [2.45, 2.75) is 13.8 Å². The number of anilines is 1. The molecule has 1 aromatic heterocycles. The molecule has 0 saturated carbocycles. The van der Waals surface area contributed by atoms with Crippen LogP contribution in [-0.4, -0.2) is 30.9 Å². The molecule has 128 valence electrons. The van der Waals surface area contributed by atoms with Crippen LogP contribution in [0.4, 0.5) is 5.82 Å². The van der Waals surface area contributed by atoms with E-state index in [1.54, 1.807) is 38.1 Å². The normalized spacial score (nSPS) is 11.0. The molecule has 2 N–H and O–H groups in total. The molecule has 2 aromatic rings. The highest BCUT2D eigenvalue weighted by molar-refractivity contribution is 7.91. The number of nitrogens with one attached hydrogen (secondary N) is 2. The Balaban J connectivity index is 1.93. The predicted molar refractivity (Wildman–Crippen MR) is 89.1 cm³/mol. The van der Waals surface area contributed by atoms with Gasteiger partial charge in [-0.15, -0.1) is 0 Å². The molecule has 8 nitrogen and oxygen atoms in total. The standard InChI is InChI=1S/C14H15ClN4O4S/c1-9-7-13(17-10(2)16-9)18-24(21,22)19-14(20)8-23-12-5-3-11(15)4-6-12/h3-7H,8H2,1-2H3,(H,19,20)(H,16,17,18). The molecular formula is C14H15ClN4O4S. The molecule has 0 fully saturated rings. The second-order valence-corrected chi connectivity index (χ2v) is 6.67. The van der Waals surface area contributed by atoms with E-state index in [1.165, 1.54) is 6.07 Å². The fourth-order valence-electron chi connectivity index (χ4n) is 1.79. The summed E-state index contributed by atoms with van der Waals surface area (Å²) >= 11 is 5.73. The summed E-state index contributed by atoms with van der Waals surface area (Å²) < 4.78 is 33.0. The van der Waals surface area contributed by atoms with E-state index in [0.717, 1.165) is 0 Å². The number of nitrogens with zero attached hydrogens (tertiary/aromatic N) is 2. The molecule has 0 aliphatic carbocycles. The number of ether oxygens (including phenoxy) is 1. The van der Waals surface area contributed by atoms with Gasteiger partial charge < -0.3 is 4.74 Å². The zero-order valence-electron chi connectivity index (χ0n) is 12.9. The number of halogens is 1. The van der Waals surface area contributed by atoms with Gasteiger partial charge in [0.2, 0.25) is 0 Å². The van der Waals surface area contributed by atoms with Crippen LogP contribution in [-0.2, 0) is 15.0 Å². The van der Waals surface area contributed by atoms with Gasteiger partial charge in [-0.25, -0.2) is 14.7 Å². The van der Waals surface area contributed by atoms with Crippen LogP contribution in [0, 0.1) is 13.8 Å². The smallest absolute Gasteiger partial charge is 0.324 e. The highest BCUT2D eigenvalue weighted by atomic mass is 35.5. The Morgan fingerprint density at radius 2 is 1.88 bits per heavy atom. The van der Waals surface area contributed by atoms with Crippen LogP contribution in [0.2, 0.25) is 5.02 Å². The molecule has 0 aliphatic heterocycles. The van der Waals surface area contributed by atoms with E-state index in [1.807, 2.05) is 4.72 Å². The lowest BCUT2D eigenvalue weighted by atomic mass is 10.3. The summed E-state index contributed by atoms with van der Waals surface area (Å²) in [5, 5.41) is 0.522. The Morgan fingerprint density at radius 3 is 2.50 bits per heavy atom. The van der Waals surface area contributed by atoms with E-state index in [0.29, 0.717) is 22.3 Å². The van der Waals surface area contributed by atoms with E-state index in [-0.39, 0.29) is 5.82 Å². The van der Waals surface area contributed by atoms with Gasteiger partial charge in [0.25, 0.3) is 5.91 Å². The number of benzene rings is 1. The second kappa shape index (κ2) is 7.45. The van der Waals surface area contributed by atoms with Crippen LogP contribution >= 0.6 is 11.6 Å². The first kappa shape index (κ1) is 18.0. The number of aryl methyl sites for hydroxylation is 2. The number of carbonyl (C=O) groups is 1. The molecule has 1 aromatic carbocycles. The maximum absolute atomic E-state index is 11.9. The summed E-state index contributed by atoms with van der Waals surface area (Å²) in [6, 6.07) is 7.75. The summed E-state index contributed by atoms with van der Waals surface area (Å²) in [4.78, 5) is 19.7. The van der Waals surface area contributed by atoms with Gasteiger partial charge in [-0.2, -0.15) is 8.42 Å². The third kappa shape index (κ3) is 5.67. The first-order valence-corrected chi connectivity index (χ1v) is 8.64. The van der Waals surface area contributed by atoms with E-state index < -0.39 is 22.7 Å². The number of hydrogen-bond donors (Lipinski definition) is 2. The number of amides is 1. The summed E-state index contributed by atoms with van der Waals surface area (Å²) in [5.41, 5.74) is 0.595. The van der Waals surface area contributed by atoms with E-state index in [9.17, 15) is 13.2 Å². The van der Waals surface area contributed by atoms with Crippen LogP contribution < -0.4 is 14.2 Å². The summed E-state index contributed by atoms with van der Waals surface area (Å²) in [6.07, 6.45) is 0. The number of rotatable bonds is 6. The van der Waals surface area contributed by atoms with Crippen molar-refractivity contribution in [2.75, 3.05) is 11.3 Å². The SMILES string of the molecule is Cc1cc(NS(=O)(=O)NC(=O)COc2ccc(Cl)cc2)nc(C)n1. The Labute approximate surface area is 144 Å². The molecule has 24 heavy (non-hydrogen) atoms. The van der Waals surface area contributed by atoms with Gasteiger partial charge in [0.15, 0.2) is 6.61 Å². The van der Waals surface area contributed by atoms with Gasteiger partial charge in [-0.3, -0.25) is 9.52 Å². The van der Waals surface area contributed by atoms with E-state index >= 15 is 0 Å². The third-order valence-corrected chi connectivity index (χ3v) is 3.86. The minimum Gasteiger partial charge on any atom is -0.484 e. The van der Waals surface area contributed by atoms with Crippen LogP contribution in [0.25, 0.3) is 0 Å². The van der Waals surface area contributed by atoms with Crippen molar-refractivity contribution in [3.8, 4) is 5.75 Å². The topological polar surface area (TPSA) is 110 Å². The Hall–Kier alpha value is -2.39. The van der Waals surface area contributed by atoms with Gasteiger partial charge in [-0.1, -0.05) is 11.6 Å². The average Bonchev–Trinajstić information content (AvgIpc) is 2.44. The first-order chi connectivity index (χ1) is 11.2. The van der Waals surface area contributed by atoms with Crippen LogP contribution in [0.5, 0.6) is 5.75 Å². The summed E-state index contributed by atoms with van der Waals surface area (Å²) in [5.74, 6) is 0.0333. The first-order valence-electron chi connectivity index (χ1n) is 6.77. The van der Waals surface area contributed by atoms with Crippen LogP contribution in [0.15, 0.2) is 30.3 Å². The van der Waals surface area contributed by atoms with Gasteiger partial charge in [0.1, 0.15) is 17.4 Å². The zero-order valence-corrected chi connectivity index (χ0v) is 14.5. The van der Waals surface area contributed by atoms with Crippen molar-refractivity contribution >= 4 is 33.5 Å². The predicted octanol–water partition coefficient (Wildman–Crippen LogP) is 1.60. The maximum atomic E-state index is 11.9. The summed E-state index contributed by atoms with van der Waals surface area (Å²) in [6.45, 7) is 2.86. The molecule has 1 amide bonds. The Morgan fingerprint density at radius 1 is 1.21 bits per heavy atom. The van der Waals surface area contributed by atoms with Crippen molar-refractivity contribution in [1.82, 2.24) is 14.7 Å². The summed E-state index contributed by atoms with van der Waals surface area (Å²) in [7, 11) is -4.12. The minimum absolute atomic E-state index is 0.0684. The highest BCUT2D eigenvalue weighted by Crippen LogP contribution is 2.15. The zero-order chi connectivity index (χ0) is 17.7. The van der Waals surface area contributed by atoms with Crippen molar-refractivity contribution in [2.24, 2.45) is 0 Å². The average molecular weight is 371 g/mol. The van der Waals surface area contributed by atoms with Crippen molar-refractivity contribution in [3.63, 3.8) is 0 Å². The van der Waals surface area contributed by atoms with Gasteiger partial charge in [-0.05, 0) is 38.1 Å². The molecule has 0 spiro atoms. The quantitative estimate of drug-likeness (QED) is 0.799. The lowest BCUT2D eigenvalue weighted by molar-refractivity contribution is -0.121. The lowest BCUT2D eigenvalue weighted by Gasteiger charge is -2.10.